The van der Waals surface area contributed by atoms with E-state index in [9.17, 15) is 19.8 Å². The Morgan fingerprint density at radius 1 is 1.11 bits per heavy atom. The van der Waals surface area contributed by atoms with Crippen LogP contribution in [0.25, 0.3) is 5.76 Å². The molecule has 2 heterocycles. The van der Waals surface area contributed by atoms with Crippen molar-refractivity contribution >= 4 is 28.8 Å². The van der Waals surface area contributed by atoms with Gasteiger partial charge in [0, 0.05) is 10.4 Å². The molecule has 4 rings (SSSR count). The Morgan fingerprint density at radius 2 is 1.89 bits per heavy atom. The summed E-state index contributed by atoms with van der Waals surface area (Å²) in [7, 11) is 1.58. The van der Waals surface area contributed by atoms with Crippen LogP contribution in [0.5, 0.6) is 17.2 Å². The van der Waals surface area contributed by atoms with Gasteiger partial charge in [0.05, 0.1) is 31.9 Å². The molecule has 1 aliphatic rings. The number of hydrogen-bond acceptors (Lipinski definition) is 7. The molecule has 2 N–H and O–H groups in total. The van der Waals surface area contributed by atoms with Gasteiger partial charge in [-0.1, -0.05) is 26.0 Å². The number of aliphatic hydroxyl groups is 1. The largest absolute Gasteiger partial charge is 0.507 e. The van der Waals surface area contributed by atoms with E-state index in [1.54, 1.807) is 44.4 Å². The summed E-state index contributed by atoms with van der Waals surface area (Å²) in [5.41, 5.74) is 1.83. The van der Waals surface area contributed by atoms with Gasteiger partial charge < -0.3 is 24.6 Å². The Hall–Kier alpha value is -3.78. The van der Waals surface area contributed by atoms with Crippen LogP contribution in [-0.4, -0.2) is 40.5 Å². The summed E-state index contributed by atoms with van der Waals surface area (Å²) < 4.78 is 11.0. The van der Waals surface area contributed by atoms with Crippen molar-refractivity contribution in [2.24, 2.45) is 0 Å². The number of ketones is 1. The molecule has 188 valence electrons. The number of carbonyl (C=O) groups is 2. The number of amides is 1. The molecule has 1 atom stereocenters. The molecule has 1 saturated heterocycles. The van der Waals surface area contributed by atoms with Gasteiger partial charge in [-0.15, -0.1) is 11.3 Å². The van der Waals surface area contributed by atoms with Gasteiger partial charge in [-0.3, -0.25) is 9.59 Å². The van der Waals surface area contributed by atoms with E-state index in [0.29, 0.717) is 23.5 Å². The molecular formula is C28H29NO6S. The molecule has 8 heteroatoms. The maximum atomic E-state index is 13.4. The number of benzene rings is 2. The van der Waals surface area contributed by atoms with E-state index in [1.165, 1.54) is 22.3 Å². The molecule has 0 bridgehead atoms. The average molecular weight is 508 g/mol. The van der Waals surface area contributed by atoms with Crippen LogP contribution >= 0.6 is 11.3 Å². The van der Waals surface area contributed by atoms with Crippen LogP contribution in [0, 0.1) is 0 Å². The zero-order chi connectivity index (χ0) is 26.0. The fourth-order valence-electron chi connectivity index (χ4n) is 4.42. The van der Waals surface area contributed by atoms with Crippen LogP contribution in [0.1, 0.15) is 54.3 Å². The summed E-state index contributed by atoms with van der Waals surface area (Å²) >= 11 is 1.48. The van der Waals surface area contributed by atoms with Crippen molar-refractivity contribution in [1.82, 2.24) is 4.90 Å². The second kappa shape index (κ2) is 10.5. The Labute approximate surface area is 214 Å². The highest BCUT2D eigenvalue weighted by Crippen LogP contribution is 2.43. The van der Waals surface area contributed by atoms with Crippen molar-refractivity contribution in [1.29, 1.82) is 0 Å². The van der Waals surface area contributed by atoms with Gasteiger partial charge in [0.1, 0.15) is 11.5 Å². The summed E-state index contributed by atoms with van der Waals surface area (Å²) in [5, 5.41) is 23.6. The lowest BCUT2D eigenvalue weighted by Crippen LogP contribution is -2.28. The predicted octanol–water partition coefficient (Wildman–Crippen LogP) is 5.61. The Kier molecular flexibility index (Phi) is 7.35. The van der Waals surface area contributed by atoms with Gasteiger partial charge in [-0.05, 0) is 65.7 Å². The first-order valence-electron chi connectivity index (χ1n) is 11.7. The summed E-state index contributed by atoms with van der Waals surface area (Å²) in [4.78, 5) is 29.0. The number of ether oxygens (including phenoxy) is 2. The fourth-order valence-corrected chi connectivity index (χ4v) is 5.12. The number of methoxy groups -OCH3 is 1. The summed E-state index contributed by atoms with van der Waals surface area (Å²) in [6.07, 6.45) is 0. The normalized spacial score (nSPS) is 17.1. The van der Waals surface area contributed by atoms with Crippen molar-refractivity contribution in [3.8, 4) is 17.2 Å². The van der Waals surface area contributed by atoms with Crippen molar-refractivity contribution < 1.29 is 29.3 Å². The highest BCUT2D eigenvalue weighted by atomic mass is 32.1. The number of hydrogen-bond donors (Lipinski definition) is 2. The van der Waals surface area contributed by atoms with E-state index in [4.69, 9.17) is 9.47 Å². The Balaban J connectivity index is 1.90. The smallest absolute Gasteiger partial charge is 0.295 e. The first-order valence-corrected chi connectivity index (χ1v) is 12.6. The fraction of sp³-hybridized carbons (Fsp3) is 0.286. The topological polar surface area (TPSA) is 96.3 Å². The molecule has 7 nitrogen and oxygen atoms in total. The number of aromatic hydroxyl groups is 1. The SMILES string of the molecule is CCOc1cc(C2/C(=C(\O)c3ccc(OC)c(C(C)C)c3)C(=O)C(=O)N2Cc2cccs2)ccc1O. The minimum absolute atomic E-state index is 0.00966. The molecule has 1 unspecified atom stereocenters. The van der Waals surface area contributed by atoms with Gasteiger partial charge in [0.15, 0.2) is 11.5 Å². The second-order valence-corrected chi connectivity index (χ2v) is 9.81. The van der Waals surface area contributed by atoms with Crippen LogP contribution in [0.15, 0.2) is 59.5 Å². The molecule has 3 aromatic rings. The molecule has 1 amide bonds. The summed E-state index contributed by atoms with van der Waals surface area (Å²) in [6.45, 7) is 6.34. The quantitative estimate of drug-likeness (QED) is 0.234. The number of Topliss-reactive ketones (excluding diaryl/α,β-unsaturated/α-hetero) is 1. The molecule has 2 aromatic carbocycles. The lowest BCUT2D eigenvalue weighted by atomic mass is 9.93. The molecule has 0 saturated carbocycles. The lowest BCUT2D eigenvalue weighted by Gasteiger charge is -2.25. The highest BCUT2D eigenvalue weighted by Gasteiger charge is 2.46. The van der Waals surface area contributed by atoms with Crippen molar-refractivity contribution in [3.63, 3.8) is 0 Å². The van der Waals surface area contributed by atoms with Gasteiger partial charge in [0.2, 0.25) is 0 Å². The van der Waals surface area contributed by atoms with E-state index in [-0.39, 0.29) is 35.3 Å². The molecule has 1 aromatic heterocycles. The van der Waals surface area contributed by atoms with Gasteiger partial charge >= 0.3 is 0 Å². The molecule has 0 aliphatic carbocycles. The number of likely N-dealkylation sites (tertiary alicyclic amines) is 1. The van der Waals surface area contributed by atoms with Crippen molar-refractivity contribution in [2.75, 3.05) is 13.7 Å². The third-order valence-corrected chi connectivity index (χ3v) is 7.03. The third kappa shape index (κ3) is 4.68. The monoisotopic (exact) mass is 507 g/mol. The first kappa shape index (κ1) is 25.3. The second-order valence-electron chi connectivity index (χ2n) is 8.78. The number of carbonyl (C=O) groups excluding carboxylic acids is 2. The van der Waals surface area contributed by atoms with E-state index in [1.807, 2.05) is 31.4 Å². The van der Waals surface area contributed by atoms with E-state index >= 15 is 0 Å². The van der Waals surface area contributed by atoms with E-state index in [0.717, 1.165) is 10.4 Å². The number of thiophene rings is 1. The van der Waals surface area contributed by atoms with Gasteiger partial charge in [0.25, 0.3) is 11.7 Å². The molecule has 0 radical (unpaired) electrons. The first-order chi connectivity index (χ1) is 17.3. The van der Waals surface area contributed by atoms with E-state index in [2.05, 4.69) is 0 Å². The molecule has 1 fully saturated rings. The highest BCUT2D eigenvalue weighted by molar-refractivity contribution is 7.09. The third-order valence-electron chi connectivity index (χ3n) is 6.17. The predicted molar refractivity (Wildman–Crippen MR) is 139 cm³/mol. The van der Waals surface area contributed by atoms with Crippen molar-refractivity contribution in [2.45, 2.75) is 39.3 Å². The maximum Gasteiger partial charge on any atom is 0.295 e. The molecular weight excluding hydrogens is 478 g/mol. The number of nitrogens with zero attached hydrogens (tertiary/aromatic N) is 1. The number of rotatable bonds is 8. The molecule has 36 heavy (non-hydrogen) atoms. The van der Waals surface area contributed by atoms with Gasteiger partial charge in [-0.25, -0.2) is 0 Å². The van der Waals surface area contributed by atoms with Crippen LogP contribution in [0.4, 0.5) is 0 Å². The standard InChI is InChI=1S/C28H29NO6S/c1-5-35-23-14-17(8-10-21(23)30)25-24(27(32)28(33)29(25)15-19-7-6-12-36-19)26(31)18-9-11-22(34-4)20(13-18)16(2)3/h6-14,16,25,30-31H,5,15H2,1-4H3/b26-24+. The number of phenolic OH excluding ortho intramolecular Hbond substituents is 1. The number of phenols is 1. The van der Waals surface area contributed by atoms with Crippen LogP contribution in [-0.2, 0) is 16.1 Å². The molecule has 0 spiro atoms. The van der Waals surface area contributed by atoms with E-state index < -0.39 is 17.7 Å². The number of aliphatic hydroxyl groups excluding tert-OH is 1. The zero-order valence-corrected chi connectivity index (χ0v) is 21.5. The molecule has 1 aliphatic heterocycles. The van der Waals surface area contributed by atoms with Crippen LogP contribution < -0.4 is 9.47 Å². The minimum atomic E-state index is -0.864. The van der Waals surface area contributed by atoms with Crippen molar-refractivity contribution in [3.05, 3.63) is 81.1 Å². The maximum absolute atomic E-state index is 13.4. The summed E-state index contributed by atoms with van der Waals surface area (Å²) in [6, 6.07) is 12.8. The minimum Gasteiger partial charge on any atom is -0.507 e. The van der Waals surface area contributed by atoms with Crippen LogP contribution in [0.2, 0.25) is 0 Å². The average Bonchev–Trinajstić information content (AvgIpc) is 3.47. The van der Waals surface area contributed by atoms with Crippen LogP contribution in [0.3, 0.4) is 0 Å². The Morgan fingerprint density at radius 3 is 2.53 bits per heavy atom. The zero-order valence-electron chi connectivity index (χ0n) is 20.6. The van der Waals surface area contributed by atoms with Gasteiger partial charge in [-0.2, -0.15) is 0 Å². The Bertz CT molecular complexity index is 1310. The lowest BCUT2D eigenvalue weighted by molar-refractivity contribution is -0.140. The summed E-state index contributed by atoms with van der Waals surface area (Å²) in [5.74, 6) is -0.745.